The van der Waals surface area contributed by atoms with Crippen LogP contribution in [0.5, 0.6) is 0 Å². The van der Waals surface area contributed by atoms with Crippen molar-refractivity contribution in [1.29, 1.82) is 0 Å². The number of ether oxygens (including phenoxy) is 1. The maximum Gasteiger partial charge on any atom is 0.309 e. The molecule has 1 aromatic rings. The number of rotatable bonds is 10. The monoisotopic (exact) mass is 886 g/mol. The standard InChI is InChI=1S/C52H71ClN2O8/c1-29(2)39-35(56)26-50(37(57)27-54-44(62)51(18-9-10-19-51)55-41(58)30-11-13-31(53)14-12-30)23-21-46(5)32(40(39)50)15-16-36-47(46,6)22-24-52-28-49(52,8)38(17-20-48(36,52)7)63-43(61)34-25-33(42(59)60)45(34,3)4/h11-14,29,32-34,36-38,57H,9-10,15-28H2,1-8H3,(H,54,62)(H,55,58)(H,59,60)/t32-,33+,34-,36+,37+,38+,46-,47?,48-,49-,50+,52+/m1/s1. The average Bonchev–Trinajstić information content (AvgIpc) is 3.45. The minimum absolute atomic E-state index is 0.00613. The lowest BCUT2D eigenvalue weighted by Crippen LogP contribution is -2.65. The molecule has 9 rings (SSSR count). The molecule has 0 bridgehead atoms. The number of nitrogens with one attached hydrogen (secondary N) is 2. The normalized spacial score (nSPS) is 42.1. The lowest BCUT2D eigenvalue weighted by molar-refractivity contribution is -0.223. The lowest BCUT2D eigenvalue weighted by atomic mass is 9.33. The van der Waals surface area contributed by atoms with Gasteiger partial charge in [0.05, 0.1) is 17.9 Å². The second kappa shape index (κ2) is 14.6. The molecular formula is C52H71ClN2O8. The third-order valence-electron chi connectivity index (χ3n) is 21.0. The zero-order chi connectivity index (χ0) is 45.5. The van der Waals surface area contributed by atoms with E-state index in [0.29, 0.717) is 42.2 Å². The Morgan fingerprint density at radius 3 is 2.13 bits per heavy atom. The molecule has 0 aromatic heterocycles. The van der Waals surface area contributed by atoms with Crippen LogP contribution in [0, 0.1) is 67.5 Å². The van der Waals surface area contributed by atoms with Gasteiger partial charge in [-0.05, 0) is 152 Å². The minimum atomic E-state index is -1.08. The molecule has 7 fully saturated rings. The number of allylic oxidation sites excluding steroid dienone is 1. The van der Waals surface area contributed by atoms with Gasteiger partial charge in [0.2, 0.25) is 5.91 Å². The average molecular weight is 888 g/mol. The van der Waals surface area contributed by atoms with E-state index in [1.54, 1.807) is 24.3 Å². The quantitative estimate of drug-likeness (QED) is 0.169. The molecule has 8 aliphatic rings. The number of halogens is 1. The van der Waals surface area contributed by atoms with Gasteiger partial charge in [0.15, 0.2) is 5.78 Å². The molecule has 344 valence electrons. The van der Waals surface area contributed by atoms with Gasteiger partial charge in [-0.2, -0.15) is 0 Å². The second-order valence-corrected chi connectivity index (χ2v) is 24.2. The van der Waals surface area contributed by atoms with Crippen LogP contribution < -0.4 is 10.6 Å². The van der Waals surface area contributed by atoms with Gasteiger partial charge in [0.25, 0.3) is 5.91 Å². The van der Waals surface area contributed by atoms with Crippen LogP contribution in [-0.4, -0.2) is 64.0 Å². The Labute approximate surface area is 378 Å². The molecule has 10 nitrogen and oxygen atoms in total. The van der Waals surface area contributed by atoms with E-state index in [1.165, 1.54) is 0 Å². The summed E-state index contributed by atoms with van der Waals surface area (Å²) in [5.74, 6) is -1.90. The van der Waals surface area contributed by atoms with E-state index < -0.39 is 40.3 Å². The molecule has 1 unspecified atom stereocenters. The lowest BCUT2D eigenvalue weighted by Gasteiger charge is -2.71. The molecule has 63 heavy (non-hydrogen) atoms. The third kappa shape index (κ3) is 6.06. The van der Waals surface area contributed by atoms with E-state index >= 15 is 0 Å². The number of fused-ring (bicyclic) bond motifs is 6. The van der Waals surface area contributed by atoms with E-state index in [1.807, 2.05) is 13.8 Å². The number of carboxylic acids is 1. The highest BCUT2D eigenvalue weighted by atomic mass is 35.5. The van der Waals surface area contributed by atoms with Gasteiger partial charge in [0, 0.05) is 34.4 Å². The van der Waals surface area contributed by atoms with Gasteiger partial charge in [-0.1, -0.05) is 85.4 Å². The van der Waals surface area contributed by atoms with Gasteiger partial charge >= 0.3 is 11.9 Å². The summed E-state index contributed by atoms with van der Waals surface area (Å²) in [7, 11) is 0. The molecule has 2 amide bonds. The summed E-state index contributed by atoms with van der Waals surface area (Å²) in [5.41, 5.74) is -0.118. The molecular weight excluding hydrogens is 816 g/mol. The molecule has 1 aromatic carbocycles. The van der Waals surface area contributed by atoms with Crippen LogP contribution in [0.1, 0.15) is 162 Å². The first kappa shape index (κ1) is 44.9. The van der Waals surface area contributed by atoms with Gasteiger partial charge in [-0.25, -0.2) is 0 Å². The van der Waals surface area contributed by atoms with Crippen LogP contribution in [0.4, 0.5) is 0 Å². The number of benzene rings is 1. The number of aliphatic hydroxyl groups is 1. The van der Waals surface area contributed by atoms with E-state index in [9.17, 15) is 34.2 Å². The SMILES string of the molecule is CC(C)C1=C2[C@H]3CC[C@H]4C(C)(CC[C@@]56C[C@]5(C)[C@@H](OC(=O)[C@H]5C[C@@H](C(=O)O)C5(C)C)CC[C@]46C)[C@]3(C)CC[C@@]2([C@@H](O)CNC(=O)C2(NC(=O)c3ccc(Cl)cc3)CCCC2)CC1=O. The number of carbonyl (C=O) groups excluding carboxylic acids is 4. The van der Waals surface area contributed by atoms with Crippen molar-refractivity contribution in [3.05, 3.63) is 46.0 Å². The van der Waals surface area contributed by atoms with Crippen molar-refractivity contribution in [2.24, 2.45) is 67.5 Å². The minimum Gasteiger partial charge on any atom is -0.481 e. The van der Waals surface area contributed by atoms with Crippen LogP contribution in [0.25, 0.3) is 0 Å². The predicted molar refractivity (Wildman–Crippen MR) is 239 cm³/mol. The highest BCUT2D eigenvalue weighted by Crippen LogP contribution is 2.87. The third-order valence-corrected chi connectivity index (χ3v) is 21.2. The number of ketones is 1. The predicted octanol–water partition coefficient (Wildman–Crippen LogP) is 9.25. The molecule has 0 radical (unpaired) electrons. The van der Waals surface area contributed by atoms with Crippen molar-refractivity contribution in [3.63, 3.8) is 0 Å². The number of Topliss-reactive ketones (excluding diaryl/α,β-unsaturated/α-hetero) is 1. The second-order valence-electron chi connectivity index (χ2n) is 23.8. The smallest absolute Gasteiger partial charge is 0.309 e. The Morgan fingerprint density at radius 2 is 1.49 bits per heavy atom. The van der Waals surface area contributed by atoms with Gasteiger partial charge < -0.3 is 25.6 Å². The molecule has 0 heterocycles. The first-order valence-corrected chi connectivity index (χ1v) is 24.6. The van der Waals surface area contributed by atoms with Gasteiger partial charge in [-0.15, -0.1) is 0 Å². The number of hydrogen-bond acceptors (Lipinski definition) is 7. The first-order valence-electron chi connectivity index (χ1n) is 24.2. The number of esters is 1. The zero-order valence-electron chi connectivity index (χ0n) is 38.9. The zero-order valence-corrected chi connectivity index (χ0v) is 39.6. The number of carboxylic acid groups (broad SMARTS) is 1. The van der Waals surface area contributed by atoms with E-state index in [4.69, 9.17) is 16.3 Å². The summed E-state index contributed by atoms with van der Waals surface area (Å²) in [5, 5.41) is 28.9. The number of aliphatic carboxylic acids is 1. The van der Waals surface area contributed by atoms with Crippen molar-refractivity contribution in [2.45, 2.75) is 169 Å². The van der Waals surface area contributed by atoms with Crippen molar-refractivity contribution < 1.29 is 38.9 Å². The molecule has 1 spiro atoms. The van der Waals surface area contributed by atoms with Gasteiger partial charge in [-0.3, -0.25) is 24.0 Å². The Morgan fingerprint density at radius 1 is 0.825 bits per heavy atom. The van der Waals surface area contributed by atoms with Crippen LogP contribution in [0.2, 0.25) is 5.02 Å². The number of aliphatic hydroxyl groups excluding tert-OH is 1. The molecule has 11 heteroatoms. The maximum absolute atomic E-state index is 14.3. The van der Waals surface area contributed by atoms with E-state index in [2.05, 4.69) is 52.2 Å². The molecule has 12 atom stereocenters. The Balaban J connectivity index is 0.941. The fourth-order valence-electron chi connectivity index (χ4n) is 16.9. The highest BCUT2D eigenvalue weighted by Gasteiger charge is 2.82. The molecule has 0 aliphatic heterocycles. The van der Waals surface area contributed by atoms with Gasteiger partial charge in [0.1, 0.15) is 11.6 Å². The summed E-state index contributed by atoms with van der Waals surface area (Å²) < 4.78 is 6.46. The van der Waals surface area contributed by atoms with Crippen LogP contribution in [0.15, 0.2) is 35.4 Å². The molecule has 4 N–H and O–H groups in total. The summed E-state index contributed by atoms with van der Waals surface area (Å²) in [6.45, 7) is 17.9. The highest BCUT2D eigenvalue weighted by molar-refractivity contribution is 6.30. The summed E-state index contributed by atoms with van der Waals surface area (Å²) in [4.78, 5) is 67.4. The van der Waals surface area contributed by atoms with E-state index in [-0.39, 0.29) is 81.5 Å². The Bertz CT molecular complexity index is 2160. The summed E-state index contributed by atoms with van der Waals surface area (Å²) in [6, 6.07) is 6.63. The summed E-state index contributed by atoms with van der Waals surface area (Å²) >= 11 is 6.07. The fraction of sp³-hybridized carbons (Fsp3) is 0.750. The fourth-order valence-corrected chi connectivity index (χ4v) is 17.0. The van der Waals surface area contributed by atoms with Crippen LogP contribution in [0.3, 0.4) is 0 Å². The van der Waals surface area contributed by atoms with Crippen molar-refractivity contribution in [1.82, 2.24) is 10.6 Å². The number of hydrogen-bond donors (Lipinski definition) is 4. The number of carbonyl (C=O) groups is 5. The molecule has 7 saturated carbocycles. The van der Waals surface area contributed by atoms with E-state index in [0.717, 1.165) is 75.4 Å². The molecule has 0 saturated heterocycles. The number of amides is 2. The van der Waals surface area contributed by atoms with Crippen LogP contribution in [-0.2, 0) is 23.9 Å². The Kier molecular flexibility index (Phi) is 10.4. The van der Waals surface area contributed by atoms with Crippen molar-refractivity contribution in [3.8, 4) is 0 Å². The van der Waals surface area contributed by atoms with Crippen molar-refractivity contribution in [2.75, 3.05) is 6.54 Å². The summed E-state index contributed by atoms with van der Waals surface area (Å²) in [6.07, 6.45) is 10.6. The first-order chi connectivity index (χ1) is 29.5. The van der Waals surface area contributed by atoms with Crippen molar-refractivity contribution >= 4 is 41.1 Å². The largest absolute Gasteiger partial charge is 0.481 e. The maximum atomic E-state index is 14.3. The Hall–Kier alpha value is -3.24. The topological polar surface area (TPSA) is 159 Å². The molecule has 8 aliphatic carbocycles. The van der Waals surface area contributed by atoms with Crippen LogP contribution >= 0.6 is 11.6 Å².